The minimum absolute atomic E-state index is 0.0700. The summed E-state index contributed by atoms with van der Waals surface area (Å²) in [7, 11) is 0. The van der Waals surface area contributed by atoms with Gasteiger partial charge in [0.2, 0.25) is 0 Å². The Morgan fingerprint density at radius 3 is 2.87 bits per heavy atom. The molecular formula is C12H20O3. The molecule has 0 aliphatic heterocycles. The van der Waals surface area contributed by atoms with Gasteiger partial charge >= 0.3 is 5.97 Å². The van der Waals surface area contributed by atoms with Gasteiger partial charge in [-0.1, -0.05) is 19.1 Å². The van der Waals surface area contributed by atoms with E-state index in [4.69, 9.17) is 9.47 Å². The summed E-state index contributed by atoms with van der Waals surface area (Å²) in [6, 6.07) is 0. The van der Waals surface area contributed by atoms with E-state index in [1.54, 1.807) is 0 Å². The molecule has 0 aromatic rings. The van der Waals surface area contributed by atoms with E-state index in [0.717, 1.165) is 32.3 Å². The van der Waals surface area contributed by atoms with Crippen molar-refractivity contribution < 1.29 is 14.3 Å². The molecule has 0 saturated heterocycles. The van der Waals surface area contributed by atoms with Crippen molar-refractivity contribution in [1.29, 1.82) is 0 Å². The monoisotopic (exact) mass is 212 g/mol. The zero-order valence-corrected chi connectivity index (χ0v) is 9.41. The standard InChI is InChI=1S/C12H20O3/c1-2-8-14-9-10-15-12(13)11-6-4-3-5-7-11/h3-4,11H,2,5-10H2,1H3. The van der Waals surface area contributed by atoms with Crippen molar-refractivity contribution in [2.45, 2.75) is 32.6 Å². The molecule has 0 saturated carbocycles. The van der Waals surface area contributed by atoms with Crippen molar-refractivity contribution in [2.75, 3.05) is 19.8 Å². The molecule has 0 N–H and O–H groups in total. The van der Waals surface area contributed by atoms with Gasteiger partial charge in [-0.05, 0) is 25.7 Å². The highest BCUT2D eigenvalue weighted by molar-refractivity contribution is 5.72. The van der Waals surface area contributed by atoms with Crippen molar-refractivity contribution in [3.05, 3.63) is 12.2 Å². The first-order chi connectivity index (χ1) is 7.34. The molecule has 0 heterocycles. The third-order valence-corrected chi connectivity index (χ3v) is 2.42. The number of hydrogen-bond donors (Lipinski definition) is 0. The second kappa shape index (κ2) is 7.46. The number of esters is 1. The molecule has 0 spiro atoms. The number of ether oxygens (including phenoxy) is 2. The molecule has 3 nitrogen and oxygen atoms in total. The van der Waals surface area contributed by atoms with Crippen molar-refractivity contribution in [3.63, 3.8) is 0 Å². The fourth-order valence-electron chi connectivity index (χ4n) is 1.57. The minimum Gasteiger partial charge on any atom is -0.463 e. The number of carbonyl (C=O) groups is 1. The lowest BCUT2D eigenvalue weighted by molar-refractivity contribution is -0.150. The van der Waals surface area contributed by atoms with Crippen molar-refractivity contribution in [3.8, 4) is 0 Å². The third-order valence-electron chi connectivity index (χ3n) is 2.42. The van der Waals surface area contributed by atoms with Crippen LogP contribution >= 0.6 is 0 Å². The van der Waals surface area contributed by atoms with Gasteiger partial charge in [-0.3, -0.25) is 4.79 Å². The fraction of sp³-hybridized carbons (Fsp3) is 0.750. The zero-order chi connectivity index (χ0) is 10.9. The molecule has 0 bridgehead atoms. The molecule has 3 heteroatoms. The van der Waals surface area contributed by atoms with Crippen LogP contribution in [0.2, 0.25) is 0 Å². The SMILES string of the molecule is CCCOCCOC(=O)C1CC=CCC1. The molecular weight excluding hydrogens is 192 g/mol. The van der Waals surface area contributed by atoms with Crippen molar-refractivity contribution in [2.24, 2.45) is 5.92 Å². The van der Waals surface area contributed by atoms with Crippen LogP contribution in [0.3, 0.4) is 0 Å². The van der Waals surface area contributed by atoms with E-state index in [9.17, 15) is 4.79 Å². The number of allylic oxidation sites excluding steroid dienone is 2. The van der Waals surface area contributed by atoms with E-state index < -0.39 is 0 Å². The number of carbonyl (C=O) groups excluding carboxylic acids is 1. The second-order valence-corrected chi connectivity index (χ2v) is 3.76. The highest BCUT2D eigenvalue weighted by Crippen LogP contribution is 2.19. The van der Waals surface area contributed by atoms with Gasteiger partial charge in [-0.25, -0.2) is 0 Å². The van der Waals surface area contributed by atoms with E-state index in [1.807, 2.05) is 0 Å². The van der Waals surface area contributed by atoms with Crippen LogP contribution in [0.1, 0.15) is 32.6 Å². The topological polar surface area (TPSA) is 35.5 Å². The predicted octanol–water partition coefficient (Wildman–Crippen LogP) is 2.31. The summed E-state index contributed by atoms with van der Waals surface area (Å²) in [5.41, 5.74) is 0. The Hall–Kier alpha value is -0.830. The van der Waals surface area contributed by atoms with Crippen LogP contribution in [0, 0.1) is 5.92 Å². The molecule has 0 aromatic carbocycles. The van der Waals surface area contributed by atoms with Crippen LogP contribution in [0.25, 0.3) is 0 Å². The molecule has 1 aliphatic carbocycles. The second-order valence-electron chi connectivity index (χ2n) is 3.76. The largest absolute Gasteiger partial charge is 0.463 e. The molecule has 1 rings (SSSR count). The first-order valence-electron chi connectivity index (χ1n) is 5.74. The molecule has 15 heavy (non-hydrogen) atoms. The summed E-state index contributed by atoms with van der Waals surface area (Å²) in [5.74, 6) is 0.000577. The van der Waals surface area contributed by atoms with E-state index in [0.29, 0.717) is 13.2 Å². The van der Waals surface area contributed by atoms with Gasteiger partial charge in [-0.15, -0.1) is 0 Å². The maximum atomic E-state index is 11.5. The quantitative estimate of drug-likeness (QED) is 0.385. The maximum Gasteiger partial charge on any atom is 0.309 e. The van der Waals surface area contributed by atoms with E-state index >= 15 is 0 Å². The smallest absolute Gasteiger partial charge is 0.309 e. The summed E-state index contributed by atoms with van der Waals surface area (Å²) in [6.45, 7) is 3.70. The molecule has 0 fully saturated rings. The zero-order valence-electron chi connectivity index (χ0n) is 9.41. The maximum absolute atomic E-state index is 11.5. The summed E-state index contributed by atoms with van der Waals surface area (Å²) in [4.78, 5) is 11.5. The lowest BCUT2D eigenvalue weighted by Crippen LogP contribution is -2.20. The molecule has 0 radical (unpaired) electrons. The summed E-state index contributed by atoms with van der Waals surface area (Å²) in [6.07, 6.45) is 7.92. The van der Waals surface area contributed by atoms with E-state index in [-0.39, 0.29) is 11.9 Å². The average molecular weight is 212 g/mol. The van der Waals surface area contributed by atoms with Crippen LogP contribution in [0.15, 0.2) is 12.2 Å². The van der Waals surface area contributed by atoms with Crippen molar-refractivity contribution in [1.82, 2.24) is 0 Å². The predicted molar refractivity (Wildman–Crippen MR) is 58.6 cm³/mol. The molecule has 1 unspecified atom stereocenters. The fourth-order valence-corrected chi connectivity index (χ4v) is 1.57. The summed E-state index contributed by atoms with van der Waals surface area (Å²) >= 11 is 0. The molecule has 86 valence electrons. The van der Waals surface area contributed by atoms with Crippen LogP contribution in [0.5, 0.6) is 0 Å². The highest BCUT2D eigenvalue weighted by atomic mass is 16.6. The van der Waals surface area contributed by atoms with Gasteiger partial charge < -0.3 is 9.47 Å². The molecule has 0 amide bonds. The Morgan fingerprint density at radius 1 is 1.33 bits per heavy atom. The third kappa shape index (κ3) is 4.98. The Balaban J connectivity index is 2.05. The normalized spacial score (nSPS) is 20.2. The Labute approximate surface area is 91.4 Å². The molecule has 1 atom stereocenters. The first kappa shape index (κ1) is 12.2. The van der Waals surface area contributed by atoms with Gasteiger partial charge in [0.1, 0.15) is 6.61 Å². The average Bonchev–Trinajstić information content (AvgIpc) is 2.30. The lowest BCUT2D eigenvalue weighted by atomic mass is 9.95. The Morgan fingerprint density at radius 2 is 2.20 bits per heavy atom. The van der Waals surface area contributed by atoms with Crippen LogP contribution in [-0.2, 0) is 14.3 Å². The van der Waals surface area contributed by atoms with Gasteiger partial charge in [0.15, 0.2) is 0 Å². The van der Waals surface area contributed by atoms with E-state index in [1.165, 1.54) is 0 Å². The Bertz CT molecular complexity index is 211. The van der Waals surface area contributed by atoms with Crippen molar-refractivity contribution >= 4 is 5.97 Å². The summed E-state index contributed by atoms with van der Waals surface area (Å²) < 4.78 is 10.4. The van der Waals surface area contributed by atoms with Gasteiger partial charge in [-0.2, -0.15) is 0 Å². The number of rotatable bonds is 6. The Kier molecular flexibility index (Phi) is 6.09. The van der Waals surface area contributed by atoms with Crippen LogP contribution in [-0.4, -0.2) is 25.8 Å². The van der Waals surface area contributed by atoms with Gasteiger partial charge in [0.25, 0.3) is 0 Å². The molecule has 1 aliphatic rings. The van der Waals surface area contributed by atoms with Gasteiger partial charge in [0, 0.05) is 6.61 Å². The van der Waals surface area contributed by atoms with Crippen LogP contribution in [0.4, 0.5) is 0 Å². The van der Waals surface area contributed by atoms with Gasteiger partial charge in [0.05, 0.1) is 12.5 Å². The minimum atomic E-state index is -0.0700. The lowest BCUT2D eigenvalue weighted by Gasteiger charge is -2.16. The van der Waals surface area contributed by atoms with E-state index in [2.05, 4.69) is 19.1 Å². The molecule has 0 aromatic heterocycles. The summed E-state index contributed by atoms with van der Waals surface area (Å²) in [5, 5.41) is 0. The first-order valence-corrected chi connectivity index (χ1v) is 5.74. The van der Waals surface area contributed by atoms with Crippen LogP contribution < -0.4 is 0 Å². The highest BCUT2D eigenvalue weighted by Gasteiger charge is 2.19. The number of hydrogen-bond acceptors (Lipinski definition) is 3.